The Kier molecular flexibility index (Phi) is 4.91. The number of para-hydroxylation sites is 1. The molecule has 0 saturated heterocycles. The van der Waals surface area contributed by atoms with Crippen LogP contribution in [0.2, 0.25) is 0 Å². The summed E-state index contributed by atoms with van der Waals surface area (Å²) in [5.41, 5.74) is 3.59. The molecule has 24 heavy (non-hydrogen) atoms. The van der Waals surface area contributed by atoms with Gasteiger partial charge >= 0.3 is 0 Å². The second-order valence-electron chi connectivity index (χ2n) is 5.47. The smallest absolute Gasteiger partial charge is 0.269 e. The Morgan fingerprint density at radius 1 is 1.25 bits per heavy atom. The predicted molar refractivity (Wildman–Crippen MR) is 97.3 cm³/mol. The van der Waals surface area contributed by atoms with E-state index < -0.39 is 0 Å². The van der Waals surface area contributed by atoms with E-state index in [1.807, 2.05) is 30.5 Å². The number of aromatic nitrogens is 2. The third kappa shape index (κ3) is 3.63. The number of hydrogen-bond donors (Lipinski definition) is 3. The van der Waals surface area contributed by atoms with Crippen LogP contribution in [0, 0.1) is 0 Å². The molecule has 0 aliphatic carbocycles. The zero-order valence-corrected chi connectivity index (χ0v) is 13.4. The Hall–Kier alpha value is -3.08. The van der Waals surface area contributed by atoms with E-state index in [4.69, 9.17) is 0 Å². The van der Waals surface area contributed by atoms with Gasteiger partial charge in [-0.25, -0.2) is 4.98 Å². The molecule has 3 N–H and O–H groups in total. The Labute approximate surface area is 140 Å². The first-order chi connectivity index (χ1) is 11.8. The fraction of sp³-hybridized carbons (Fsp3) is 0.158. The van der Waals surface area contributed by atoms with Crippen molar-refractivity contribution < 1.29 is 4.79 Å². The Morgan fingerprint density at radius 3 is 2.92 bits per heavy atom. The fourth-order valence-electron chi connectivity index (χ4n) is 2.56. The first-order valence-electron chi connectivity index (χ1n) is 7.92. The van der Waals surface area contributed by atoms with Gasteiger partial charge in [0.25, 0.3) is 5.91 Å². The second kappa shape index (κ2) is 7.46. The largest absolute Gasteiger partial charge is 0.380 e. The van der Waals surface area contributed by atoms with Crippen molar-refractivity contribution in [2.45, 2.75) is 6.42 Å². The van der Waals surface area contributed by atoms with Crippen molar-refractivity contribution in [2.24, 2.45) is 0 Å². The molecule has 1 amide bonds. The number of hydrogen-bond acceptors (Lipinski definition) is 3. The van der Waals surface area contributed by atoms with Crippen LogP contribution in [0.1, 0.15) is 16.1 Å². The number of nitrogens with one attached hydrogen (secondary N) is 3. The molecule has 5 nitrogen and oxygen atoms in total. The van der Waals surface area contributed by atoms with Gasteiger partial charge in [-0.2, -0.15) is 0 Å². The molecule has 5 heteroatoms. The summed E-state index contributed by atoms with van der Waals surface area (Å²) in [6, 6.07) is 11.7. The van der Waals surface area contributed by atoms with Crippen LogP contribution in [0.5, 0.6) is 0 Å². The minimum atomic E-state index is -0.162. The van der Waals surface area contributed by atoms with Crippen LogP contribution in [-0.2, 0) is 6.42 Å². The molecular weight excluding hydrogens is 300 g/mol. The van der Waals surface area contributed by atoms with Crippen molar-refractivity contribution >= 4 is 22.5 Å². The molecule has 2 heterocycles. The summed E-state index contributed by atoms with van der Waals surface area (Å²) in [5, 5.41) is 7.23. The van der Waals surface area contributed by atoms with E-state index in [-0.39, 0.29) is 5.91 Å². The molecule has 0 bridgehead atoms. The maximum Gasteiger partial charge on any atom is 0.269 e. The van der Waals surface area contributed by atoms with E-state index in [0.717, 1.165) is 17.6 Å². The number of pyridine rings is 1. The number of amides is 1. The van der Waals surface area contributed by atoms with Crippen molar-refractivity contribution in [1.82, 2.24) is 15.3 Å². The minimum absolute atomic E-state index is 0.162. The molecule has 1 aromatic carbocycles. The standard InChI is InChI=1S/C19H20N4O/c1-2-10-20-15-7-8-18(23-13-15)19(24)21-11-9-14-12-22-17-6-4-3-5-16(14)17/h2-8,12-13,20,22H,1,9-11H2,(H,21,24). The zero-order chi connectivity index (χ0) is 16.8. The number of nitrogens with zero attached hydrogens (tertiary/aromatic N) is 1. The molecule has 0 unspecified atom stereocenters. The quantitative estimate of drug-likeness (QED) is 0.586. The molecule has 3 rings (SSSR count). The third-order valence-electron chi connectivity index (χ3n) is 3.80. The van der Waals surface area contributed by atoms with E-state index in [9.17, 15) is 4.79 Å². The Morgan fingerprint density at radius 2 is 2.12 bits per heavy atom. The van der Waals surface area contributed by atoms with Gasteiger partial charge in [0.2, 0.25) is 0 Å². The molecule has 0 fully saturated rings. The molecular formula is C19H20N4O. The molecule has 0 spiro atoms. The third-order valence-corrected chi connectivity index (χ3v) is 3.80. The first kappa shape index (κ1) is 15.8. The van der Waals surface area contributed by atoms with Crippen molar-refractivity contribution in [3.8, 4) is 0 Å². The van der Waals surface area contributed by atoms with Crippen LogP contribution in [0.4, 0.5) is 5.69 Å². The number of carbonyl (C=O) groups is 1. The number of benzene rings is 1. The monoisotopic (exact) mass is 320 g/mol. The van der Waals surface area contributed by atoms with Crippen molar-refractivity contribution in [1.29, 1.82) is 0 Å². The highest BCUT2D eigenvalue weighted by molar-refractivity contribution is 5.92. The predicted octanol–water partition coefficient (Wildman–Crippen LogP) is 3.13. The van der Waals surface area contributed by atoms with E-state index in [0.29, 0.717) is 18.8 Å². The Bertz CT molecular complexity index is 836. The first-order valence-corrected chi connectivity index (χ1v) is 7.92. The van der Waals surface area contributed by atoms with Gasteiger partial charge in [0.1, 0.15) is 5.69 Å². The van der Waals surface area contributed by atoms with E-state index >= 15 is 0 Å². The van der Waals surface area contributed by atoms with Crippen molar-refractivity contribution in [2.75, 3.05) is 18.4 Å². The van der Waals surface area contributed by atoms with Crippen LogP contribution in [0.15, 0.2) is 61.4 Å². The molecule has 2 aromatic heterocycles. The van der Waals surface area contributed by atoms with Crippen LogP contribution in [0.25, 0.3) is 10.9 Å². The molecule has 0 saturated carbocycles. The number of aromatic amines is 1. The maximum absolute atomic E-state index is 12.1. The Balaban J connectivity index is 1.54. The number of carbonyl (C=O) groups excluding carboxylic acids is 1. The summed E-state index contributed by atoms with van der Waals surface area (Å²) in [4.78, 5) is 19.6. The van der Waals surface area contributed by atoms with E-state index in [1.165, 1.54) is 10.9 Å². The van der Waals surface area contributed by atoms with Crippen LogP contribution in [-0.4, -0.2) is 29.0 Å². The summed E-state index contributed by atoms with van der Waals surface area (Å²) in [6.07, 6.45) is 6.19. The highest BCUT2D eigenvalue weighted by Crippen LogP contribution is 2.17. The summed E-state index contributed by atoms with van der Waals surface area (Å²) in [6.45, 7) is 4.88. The normalized spacial score (nSPS) is 10.5. The molecule has 0 radical (unpaired) electrons. The van der Waals surface area contributed by atoms with Gasteiger partial charge in [-0.15, -0.1) is 6.58 Å². The number of fused-ring (bicyclic) bond motifs is 1. The molecule has 0 atom stereocenters. The maximum atomic E-state index is 12.1. The summed E-state index contributed by atoms with van der Waals surface area (Å²) in [7, 11) is 0. The molecule has 0 aliphatic rings. The minimum Gasteiger partial charge on any atom is -0.380 e. The van der Waals surface area contributed by atoms with Gasteiger partial charge in [0, 0.05) is 30.2 Å². The van der Waals surface area contributed by atoms with Crippen LogP contribution < -0.4 is 10.6 Å². The number of rotatable bonds is 7. The number of anilines is 1. The highest BCUT2D eigenvalue weighted by Gasteiger charge is 2.08. The van der Waals surface area contributed by atoms with E-state index in [2.05, 4.69) is 33.2 Å². The summed E-state index contributed by atoms with van der Waals surface area (Å²) in [5.74, 6) is -0.162. The lowest BCUT2D eigenvalue weighted by atomic mass is 10.1. The van der Waals surface area contributed by atoms with Gasteiger partial charge in [0.15, 0.2) is 0 Å². The molecule has 0 aliphatic heterocycles. The van der Waals surface area contributed by atoms with Crippen molar-refractivity contribution in [3.05, 3.63) is 72.7 Å². The lowest BCUT2D eigenvalue weighted by molar-refractivity contribution is 0.0949. The van der Waals surface area contributed by atoms with Gasteiger partial charge < -0.3 is 15.6 Å². The van der Waals surface area contributed by atoms with Gasteiger partial charge in [-0.05, 0) is 30.2 Å². The highest BCUT2D eigenvalue weighted by atomic mass is 16.1. The average Bonchev–Trinajstić information content (AvgIpc) is 3.03. The number of H-pyrrole nitrogens is 1. The van der Waals surface area contributed by atoms with Gasteiger partial charge in [0.05, 0.1) is 11.9 Å². The van der Waals surface area contributed by atoms with Gasteiger partial charge in [-0.1, -0.05) is 24.3 Å². The lowest BCUT2D eigenvalue weighted by Crippen LogP contribution is -2.26. The fourth-order valence-corrected chi connectivity index (χ4v) is 2.56. The SMILES string of the molecule is C=CCNc1ccc(C(=O)NCCc2c[nH]c3ccccc23)nc1. The zero-order valence-electron chi connectivity index (χ0n) is 13.4. The van der Waals surface area contributed by atoms with Crippen LogP contribution in [0.3, 0.4) is 0 Å². The molecule has 3 aromatic rings. The summed E-state index contributed by atoms with van der Waals surface area (Å²) < 4.78 is 0. The summed E-state index contributed by atoms with van der Waals surface area (Å²) >= 11 is 0. The van der Waals surface area contributed by atoms with E-state index in [1.54, 1.807) is 18.3 Å². The molecule has 122 valence electrons. The average molecular weight is 320 g/mol. The second-order valence-corrected chi connectivity index (χ2v) is 5.47. The lowest BCUT2D eigenvalue weighted by Gasteiger charge is -2.06. The topological polar surface area (TPSA) is 69.8 Å². The van der Waals surface area contributed by atoms with Gasteiger partial charge in [-0.3, -0.25) is 4.79 Å². The van der Waals surface area contributed by atoms with Crippen molar-refractivity contribution in [3.63, 3.8) is 0 Å². The van der Waals surface area contributed by atoms with Crippen LogP contribution >= 0.6 is 0 Å².